The summed E-state index contributed by atoms with van der Waals surface area (Å²) < 4.78 is 0. The Labute approximate surface area is 132 Å². The van der Waals surface area contributed by atoms with Gasteiger partial charge in [0, 0.05) is 13.6 Å². The molecule has 2 unspecified atom stereocenters. The van der Waals surface area contributed by atoms with Crippen LogP contribution in [0.3, 0.4) is 0 Å². The Kier molecular flexibility index (Phi) is 4.39. The number of aryl methyl sites for hydroxylation is 1. The maximum Gasteiger partial charge on any atom is 0.317 e. The molecule has 2 amide bonds. The Bertz CT molecular complexity index is 538. The molecule has 4 nitrogen and oxygen atoms in total. The van der Waals surface area contributed by atoms with Crippen LogP contribution in [0.1, 0.15) is 42.9 Å². The summed E-state index contributed by atoms with van der Waals surface area (Å²) in [5.41, 5.74) is 2.44. The van der Waals surface area contributed by atoms with Crippen molar-refractivity contribution < 1.29 is 9.90 Å². The normalized spacial score (nSPS) is 20.3. The number of urea groups is 1. The molecule has 2 saturated carbocycles. The number of hydrogen-bond acceptors (Lipinski definition) is 2. The average Bonchev–Trinajstić information content (AvgIpc) is 3.38. The molecule has 0 aromatic heterocycles. The van der Waals surface area contributed by atoms with E-state index in [-0.39, 0.29) is 18.2 Å². The monoisotopic (exact) mass is 302 g/mol. The molecule has 3 rings (SSSR count). The predicted octanol–water partition coefficient (Wildman–Crippen LogP) is 2.86. The number of aliphatic hydroxyl groups excluding tert-OH is 1. The molecular weight excluding hydrogens is 276 g/mol. The smallest absolute Gasteiger partial charge is 0.317 e. The van der Waals surface area contributed by atoms with Gasteiger partial charge in [-0.1, -0.05) is 24.3 Å². The first-order valence-electron chi connectivity index (χ1n) is 8.31. The first-order chi connectivity index (χ1) is 10.6. The molecule has 0 heterocycles. The van der Waals surface area contributed by atoms with Crippen molar-refractivity contribution in [1.82, 2.24) is 10.2 Å². The van der Waals surface area contributed by atoms with Gasteiger partial charge in [-0.05, 0) is 55.6 Å². The van der Waals surface area contributed by atoms with Crippen LogP contribution in [0, 0.1) is 18.8 Å². The first kappa shape index (κ1) is 15.3. The fourth-order valence-electron chi connectivity index (χ4n) is 3.05. The van der Waals surface area contributed by atoms with E-state index in [4.69, 9.17) is 0 Å². The van der Waals surface area contributed by atoms with Gasteiger partial charge in [-0.15, -0.1) is 0 Å². The summed E-state index contributed by atoms with van der Waals surface area (Å²) in [6.45, 7) is 2.51. The van der Waals surface area contributed by atoms with Gasteiger partial charge in [0.25, 0.3) is 0 Å². The summed E-state index contributed by atoms with van der Waals surface area (Å²) in [7, 11) is 1.77. The average molecular weight is 302 g/mol. The standard InChI is InChI=1S/C18H26N2O2/c1-12-5-3-4-6-15(12)17(14-9-10-14)19-18(22)20(2)11-16(21)13-7-8-13/h3-6,13-14,16-17,21H,7-11H2,1-2H3,(H,19,22). The fraction of sp³-hybridized carbons (Fsp3) is 0.611. The molecule has 2 aliphatic carbocycles. The SMILES string of the molecule is Cc1ccccc1C(NC(=O)N(C)CC(O)C1CC1)C1CC1. The maximum absolute atomic E-state index is 12.5. The highest BCUT2D eigenvalue weighted by atomic mass is 16.3. The van der Waals surface area contributed by atoms with Crippen LogP contribution in [0.2, 0.25) is 0 Å². The van der Waals surface area contributed by atoms with Crippen LogP contribution >= 0.6 is 0 Å². The van der Waals surface area contributed by atoms with Crippen LogP contribution in [-0.2, 0) is 0 Å². The zero-order valence-electron chi connectivity index (χ0n) is 13.5. The second-order valence-corrected chi connectivity index (χ2v) is 6.91. The van der Waals surface area contributed by atoms with Crippen molar-refractivity contribution in [2.45, 2.75) is 44.8 Å². The summed E-state index contributed by atoms with van der Waals surface area (Å²) in [5.74, 6) is 0.942. The van der Waals surface area contributed by atoms with Crippen molar-refractivity contribution >= 4 is 6.03 Å². The zero-order chi connectivity index (χ0) is 15.7. The lowest BCUT2D eigenvalue weighted by Gasteiger charge is -2.26. The van der Waals surface area contributed by atoms with E-state index in [0.717, 1.165) is 12.8 Å². The number of rotatable bonds is 6. The Balaban J connectivity index is 1.63. The number of nitrogens with one attached hydrogen (secondary N) is 1. The van der Waals surface area contributed by atoms with Crippen LogP contribution in [0.4, 0.5) is 4.79 Å². The van der Waals surface area contributed by atoms with E-state index >= 15 is 0 Å². The van der Waals surface area contributed by atoms with Crippen LogP contribution in [0.15, 0.2) is 24.3 Å². The van der Waals surface area contributed by atoms with Gasteiger partial charge < -0.3 is 15.3 Å². The second kappa shape index (κ2) is 6.29. The number of benzene rings is 1. The zero-order valence-corrected chi connectivity index (χ0v) is 13.5. The highest BCUT2D eigenvalue weighted by Gasteiger charge is 2.35. The van der Waals surface area contributed by atoms with Crippen LogP contribution in [-0.4, -0.2) is 35.7 Å². The Morgan fingerprint density at radius 3 is 2.50 bits per heavy atom. The summed E-state index contributed by atoms with van der Waals surface area (Å²) in [6.07, 6.45) is 4.14. The van der Waals surface area contributed by atoms with Crippen molar-refractivity contribution in [2.75, 3.05) is 13.6 Å². The lowest BCUT2D eigenvalue weighted by Crippen LogP contribution is -2.43. The van der Waals surface area contributed by atoms with Gasteiger partial charge in [0.15, 0.2) is 0 Å². The van der Waals surface area contributed by atoms with Gasteiger partial charge in [0.05, 0.1) is 12.1 Å². The lowest BCUT2D eigenvalue weighted by molar-refractivity contribution is 0.112. The van der Waals surface area contributed by atoms with Crippen LogP contribution < -0.4 is 5.32 Å². The summed E-state index contributed by atoms with van der Waals surface area (Å²) in [6, 6.07) is 8.27. The third kappa shape index (κ3) is 3.61. The highest BCUT2D eigenvalue weighted by molar-refractivity contribution is 5.74. The third-order valence-electron chi connectivity index (χ3n) is 4.87. The summed E-state index contributed by atoms with van der Waals surface area (Å²) in [4.78, 5) is 14.1. The predicted molar refractivity (Wildman–Crippen MR) is 86.5 cm³/mol. The van der Waals surface area contributed by atoms with Crippen LogP contribution in [0.5, 0.6) is 0 Å². The topological polar surface area (TPSA) is 52.6 Å². The summed E-state index contributed by atoms with van der Waals surface area (Å²) in [5, 5.41) is 13.2. The molecule has 1 aromatic carbocycles. The van der Waals surface area contributed by atoms with E-state index in [1.54, 1.807) is 11.9 Å². The number of likely N-dealkylation sites (N-methyl/N-ethyl adjacent to an activating group) is 1. The van der Waals surface area contributed by atoms with Gasteiger partial charge in [-0.25, -0.2) is 4.79 Å². The number of aliphatic hydroxyl groups is 1. The Morgan fingerprint density at radius 2 is 1.91 bits per heavy atom. The van der Waals surface area contributed by atoms with Crippen molar-refractivity contribution in [3.63, 3.8) is 0 Å². The molecule has 2 aliphatic rings. The van der Waals surface area contributed by atoms with Crippen LogP contribution in [0.25, 0.3) is 0 Å². The molecular formula is C18H26N2O2. The van der Waals surface area contributed by atoms with Gasteiger partial charge in [-0.3, -0.25) is 0 Å². The molecule has 4 heteroatoms. The lowest BCUT2D eigenvalue weighted by atomic mass is 9.98. The quantitative estimate of drug-likeness (QED) is 0.849. The first-order valence-corrected chi connectivity index (χ1v) is 8.31. The Hall–Kier alpha value is -1.55. The van der Waals surface area contributed by atoms with Crippen molar-refractivity contribution in [1.29, 1.82) is 0 Å². The summed E-state index contributed by atoms with van der Waals surface area (Å²) >= 11 is 0. The molecule has 0 aliphatic heterocycles. The molecule has 120 valence electrons. The molecule has 0 bridgehead atoms. The molecule has 0 saturated heterocycles. The minimum atomic E-state index is -0.381. The van der Waals surface area contributed by atoms with Gasteiger partial charge >= 0.3 is 6.03 Å². The molecule has 2 fully saturated rings. The van der Waals surface area contributed by atoms with E-state index in [0.29, 0.717) is 18.4 Å². The molecule has 2 N–H and O–H groups in total. The minimum Gasteiger partial charge on any atom is -0.391 e. The largest absolute Gasteiger partial charge is 0.391 e. The highest BCUT2D eigenvalue weighted by Crippen LogP contribution is 2.42. The number of amides is 2. The molecule has 2 atom stereocenters. The third-order valence-corrected chi connectivity index (χ3v) is 4.87. The molecule has 0 spiro atoms. The van der Waals surface area contributed by atoms with E-state index in [1.165, 1.54) is 24.0 Å². The molecule has 22 heavy (non-hydrogen) atoms. The molecule has 0 radical (unpaired) electrons. The van der Waals surface area contributed by atoms with E-state index < -0.39 is 0 Å². The second-order valence-electron chi connectivity index (χ2n) is 6.91. The minimum absolute atomic E-state index is 0.0835. The van der Waals surface area contributed by atoms with Crippen molar-refractivity contribution in [3.8, 4) is 0 Å². The fourth-order valence-corrected chi connectivity index (χ4v) is 3.05. The van der Waals surface area contributed by atoms with E-state index in [1.807, 2.05) is 12.1 Å². The van der Waals surface area contributed by atoms with Gasteiger partial charge in [0.1, 0.15) is 0 Å². The number of carbonyl (C=O) groups excluding carboxylic acids is 1. The van der Waals surface area contributed by atoms with Gasteiger partial charge in [-0.2, -0.15) is 0 Å². The molecule has 1 aromatic rings. The number of carbonyl (C=O) groups is 1. The van der Waals surface area contributed by atoms with Gasteiger partial charge in [0.2, 0.25) is 0 Å². The number of hydrogen-bond donors (Lipinski definition) is 2. The van der Waals surface area contributed by atoms with E-state index in [2.05, 4.69) is 24.4 Å². The maximum atomic E-state index is 12.5. The number of nitrogens with zero attached hydrogens (tertiary/aromatic N) is 1. The van der Waals surface area contributed by atoms with Crippen molar-refractivity contribution in [3.05, 3.63) is 35.4 Å². The Morgan fingerprint density at radius 1 is 1.27 bits per heavy atom. The van der Waals surface area contributed by atoms with E-state index in [9.17, 15) is 9.90 Å². The van der Waals surface area contributed by atoms with Crippen molar-refractivity contribution in [2.24, 2.45) is 11.8 Å².